The lowest BCUT2D eigenvalue weighted by Gasteiger charge is -2.12. The number of unbranched alkanes of at least 4 members (excludes halogenated alkanes) is 2. The van der Waals surface area contributed by atoms with Gasteiger partial charge in [-0.3, -0.25) is 0 Å². The van der Waals surface area contributed by atoms with Crippen molar-refractivity contribution in [3.63, 3.8) is 0 Å². The molecule has 0 atom stereocenters. The fourth-order valence-corrected chi connectivity index (χ4v) is 3.22. The summed E-state index contributed by atoms with van der Waals surface area (Å²) in [6, 6.07) is 7.21. The average Bonchev–Trinajstić information content (AvgIpc) is 3.13. The third-order valence-electron chi connectivity index (χ3n) is 4.70. The topological polar surface area (TPSA) is 92.3 Å². The molecule has 2 heterocycles. The molecule has 0 aliphatic heterocycles. The molecule has 1 aromatic carbocycles. The predicted octanol–water partition coefficient (Wildman–Crippen LogP) is 4.06. The molecule has 0 bridgehead atoms. The number of nitrogen functional groups attached to an aromatic ring is 1. The lowest BCUT2D eigenvalue weighted by Crippen LogP contribution is -2.06. The third kappa shape index (κ3) is 4.56. The number of carbonyl (C=O) groups excluding carboxylic acids is 1. The van der Waals surface area contributed by atoms with Gasteiger partial charge in [-0.25, -0.2) is 14.8 Å². The van der Waals surface area contributed by atoms with Gasteiger partial charge in [0, 0.05) is 11.8 Å². The van der Waals surface area contributed by atoms with E-state index in [0.717, 1.165) is 41.6 Å². The Morgan fingerprint density at radius 2 is 2.07 bits per heavy atom. The Bertz CT molecular complexity index is 1040. The van der Waals surface area contributed by atoms with Crippen LogP contribution in [-0.2, 0) is 11.3 Å². The summed E-state index contributed by atoms with van der Waals surface area (Å²) in [6.07, 6.45) is 9.34. The number of benzene rings is 1. The molecule has 3 rings (SSSR count). The van der Waals surface area contributed by atoms with Crippen LogP contribution < -0.4 is 10.5 Å². The minimum absolute atomic E-state index is 0.255. The second-order valence-corrected chi connectivity index (χ2v) is 6.71. The van der Waals surface area contributed by atoms with Crippen molar-refractivity contribution in [3.8, 4) is 5.75 Å². The Balaban J connectivity index is 1.98. The van der Waals surface area contributed by atoms with Gasteiger partial charge in [-0.05, 0) is 30.7 Å². The zero-order chi connectivity index (χ0) is 20.8. The van der Waals surface area contributed by atoms with Crippen LogP contribution in [0.1, 0.15) is 47.8 Å². The van der Waals surface area contributed by atoms with Gasteiger partial charge >= 0.3 is 5.97 Å². The second-order valence-electron chi connectivity index (χ2n) is 6.71. The minimum atomic E-state index is -0.398. The summed E-state index contributed by atoms with van der Waals surface area (Å²) >= 11 is 0. The van der Waals surface area contributed by atoms with Gasteiger partial charge in [-0.2, -0.15) is 0 Å². The summed E-state index contributed by atoms with van der Waals surface area (Å²) in [5.41, 5.74) is 9.75. The van der Waals surface area contributed by atoms with Gasteiger partial charge in [0.2, 0.25) is 5.95 Å². The van der Waals surface area contributed by atoms with Crippen LogP contribution in [0.25, 0.3) is 17.1 Å². The number of anilines is 1. The first-order chi connectivity index (χ1) is 14.1. The average molecular weight is 394 g/mol. The lowest BCUT2D eigenvalue weighted by molar-refractivity contribution is 0.0600. The number of allylic oxidation sites excluding steroid dienone is 1. The summed E-state index contributed by atoms with van der Waals surface area (Å²) in [4.78, 5) is 20.6. The van der Waals surface area contributed by atoms with Crippen molar-refractivity contribution in [2.24, 2.45) is 0 Å². The number of fused-ring (bicyclic) bond motifs is 1. The number of nitrogens with two attached hydrogens (primary N) is 1. The molecular weight excluding hydrogens is 368 g/mol. The molecule has 2 aromatic heterocycles. The molecule has 0 radical (unpaired) electrons. The highest BCUT2D eigenvalue weighted by Gasteiger charge is 2.14. The Kier molecular flexibility index (Phi) is 6.49. The molecule has 0 unspecified atom stereocenters. The van der Waals surface area contributed by atoms with Crippen LogP contribution in [0.2, 0.25) is 0 Å². The molecule has 0 fully saturated rings. The highest BCUT2D eigenvalue weighted by Crippen LogP contribution is 2.26. The number of hydrogen-bond donors (Lipinski definition) is 1. The highest BCUT2D eigenvalue weighted by molar-refractivity contribution is 5.90. The van der Waals surface area contributed by atoms with E-state index in [-0.39, 0.29) is 5.95 Å². The van der Waals surface area contributed by atoms with Crippen LogP contribution in [0.3, 0.4) is 0 Å². The quantitative estimate of drug-likeness (QED) is 0.457. The van der Waals surface area contributed by atoms with E-state index in [2.05, 4.69) is 27.5 Å². The molecule has 2 N–H and O–H groups in total. The van der Waals surface area contributed by atoms with Crippen LogP contribution >= 0.6 is 0 Å². The first-order valence-electron chi connectivity index (χ1n) is 9.61. The Labute approximate surface area is 170 Å². The van der Waals surface area contributed by atoms with E-state index < -0.39 is 5.97 Å². The largest absolute Gasteiger partial charge is 0.496 e. The first-order valence-corrected chi connectivity index (χ1v) is 9.61. The fourth-order valence-electron chi connectivity index (χ4n) is 3.22. The maximum atomic E-state index is 11.8. The molecular formula is C22H26N4O3. The third-order valence-corrected chi connectivity index (χ3v) is 4.70. The van der Waals surface area contributed by atoms with Crippen molar-refractivity contribution in [1.82, 2.24) is 14.5 Å². The predicted molar refractivity (Wildman–Crippen MR) is 114 cm³/mol. The minimum Gasteiger partial charge on any atom is -0.496 e. The lowest BCUT2D eigenvalue weighted by atomic mass is 10.1. The van der Waals surface area contributed by atoms with Crippen LogP contribution in [0, 0.1) is 0 Å². The molecule has 0 spiro atoms. The monoisotopic (exact) mass is 394 g/mol. The summed E-state index contributed by atoms with van der Waals surface area (Å²) < 4.78 is 12.3. The van der Waals surface area contributed by atoms with Crippen LogP contribution in [0.5, 0.6) is 5.75 Å². The molecule has 0 aliphatic rings. The van der Waals surface area contributed by atoms with Gasteiger partial charge in [0.25, 0.3) is 0 Å². The molecule has 0 saturated heterocycles. The summed E-state index contributed by atoms with van der Waals surface area (Å²) in [6.45, 7) is 2.70. The molecule has 7 heteroatoms. The van der Waals surface area contributed by atoms with Crippen molar-refractivity contribution in [3.05, 3.63) is 53.4 Å². The van der Waals surface area contributed by atoms with Gasteiger partial charge in [0.15, 0.2) is 0 Å². The van der Waals surface area contributed by atoms with E-state index in [1.54, 1.807) is 19.2 Å². The SMILES string of the molecule is CCCCC=Cc1nc(N)nc2ccn(Cc3ccc(C(=O)OC)cc3OC)c12. The van der Waals surface area contributed by atoms with Gasteiger partial charge in [-0.15, -0.1) is 0 Å². The van der Waals surface area contributed by atoms with Crippen LogP contribution in [-0.4, -0.2) is 34.7 Å². The summed E-state index contributed by atoms with van der Waals surface area (Å²) in [5, 5.41) is 0. The van der Waals surface area contributed by atoms with Gasteiger partial charge < -0.3 is 19.8 Å². The Morgan fingerprint density at radius 1 is 1.24 bits per heavy atom. The molecule has 7 nitrogen and oxygen atoms in total. The second kappa shape index (κ2) is 9.23. The van der Waals surface area contributed by atoms with Crippen molar-refractivity contribution in [1.29, 1.82) is 0 Å². The number of hydrogen-bond acceptors (Lipinski definition) is 6. The molecule has 152 valence electrons. The number of methoxy groups -OCH3 is 2. The van der Waals surface area contributed by atoms with Gasteiger partial charge in [0.05, 0.1) is 43.1 Å². The maximum absolute atomic E-state index is 11.8. The highest BCUT2D eigenvalue weighted by atomic mass is 16.5. The van der Waals surface area contributed by atoms with E-state index in [0.29, 0.717) is 17.9 Å². The maximum Gasteiger partial charge on any atom is 0.337 e. The molecule has 0 saturated carbocycles. The van der Waals surface area contributed by atoms with E-state index in [4.69, 9.17) is 15.2 Å². The smallest absolute Gasteiger partial charge is 0.337 e. The fraction of sp³-hybridized carbons (Fsp3) is 0.318. The van der Waals surface area contributed by atoms with E-state index in [1.165, 1.54) is 7.11 Å². The van der Waals surface area contributed by atoms with E-state index in [1.807, 2.05) is 24.4 Å². The van der Waals surface area contributed by atoms with Crippen LogP contribution in [0.4, 0.5) is 5.95 Å². The molecule has 3 aromatic rings. The normalized spacial score (nSPS) is 11.3. The van der Waals surface area contributed by atoms with Crippen LogP contribution in [0.15, 0.2) is 36.5 Å². The molecule has 29 heavy (non-hydrogen) atoms. The van der Waals surface area contributed by atoms with Crippen molar-refractivity contribution < 1.29 is 14.3 Å². The van der Waals surface area contributed by atoms with Gasteiger partial charge in [-0.1, -0.05) is 31.9 Å². The Morgan fingerprint density at radius 3 is 2.79 bits per heavy atom. The van der Waals surface area contributed by atoms with E-state index in [9.17, 15) is 4.79 Å². The van der Waals surface area contributed by atoms with Gasteiger partial charge in [0.1, 0.15) is 5.75 Å². The number of aromatic nitrogens is 3. The number of esters is 1. The van der Waals surface area contributed by atoms with Crippen molar-refractivity contribution >= 4 is 29.0 Å². The zero-order valence-electron chi connectivity index (χ0n) is 17.0. The number of ether oxygens (including phenoxy) is 2. The zero-order valence-corrected chi connectivity index (χ0v) is 17.0. The van der Waals surface area contributed by atoms with E-state index >= 15 is 0 Å². The number of rotatable bonds is 8. The Hall–Kier alpha value is -3.35. The summed E-state index contributed by atoms with van der Waals surface area (Å²) in [7, 11) is 2.94. The first kappa shape index (κ1) is 20.4. The number of nitrogens with zero attached hydrogens (tertiary/aromatic N) is 3. The van der Waals surface area contributed by atoms with Crippen molar-refractivity contribution in [2.45, 2.75) is 32.7 Å². The molecule has 0 amide bonds. The standard InChI is InChI=1S/C22H26N4O3/c1-4-5-6-7-8-17-20-18(25-22(23)24-17)11-12-26(20)14-16-10-9-15(21(27)29-3)13-19(16)28-2/h7-13H,4-6,14H2,1-3H3,(H2,23,24,25). The summed E-state index contributed by atoms with van der Waals surface area (Å²) in [5.74, 6) is 0.473. The number of carbonyl (C=O) groups is 1. The van der Waals surface area contributed by atoms with Crippen molar-refractivity contribution in [2.75, 3.05) is 20.0 Å². The molecule has 0 aliphatic carbocycles.